The lowest BCUT2D eigenvalue weighted by atomic mass is 9.92. The van der Waals surface area contributed by atoms with Gasteiger partial charge in [-0.25, -0.2) is 0 Å². The van der Waals surface area contributed by atoms with Crippen molar-refractivity contribution in [2.75, 3.05) is 13.1 Å². The molecule has 0 saturated carbocycles. The van der Waals surface area contributed by atoms with E-state index in [1.54, 1.807) is 0 Å². The van der Waals surface area contributed by atoms with E-state index in [2.05, 4.69) is 28.2 Å². The molecule has 0 aliphatic carbocycles. The zero-order valence-electron chi connectivity index (χ0n) is 9.10. The van der Waals surface area contributed by atoms with E-state index in [1.807, 2.05) is 13.0 Å². The molecule has 2 N–H and O–H groups in total. The third-order valence-corrected chi connectivity index (χ3v) is 4.40. The highest BCUT2D eigenvalue weighted by Gasteiger charge is 2.23. The van der Waals surface area contributed by atoms with E-state index < -0.39 is 0 Å². The minimum atomic E-state index is 0.446. The van der Waals surface area contributed by atoms with Gasteiger partial charge in [-0.15, -0.1) is 0 Å². The summed E-state index contributed by atoms with van der Waals surface area (Å²) in [6.07, 6.45) is 1.11. The highest BCUT2D eigenvalue weighted by atomic mass is 79.9. The lowest BCUT2D eigenvalue weighted by Crippen LogP contribution is -2.09. The molecule has 0 amide bonds. The molecular weight excluding hydrogens is 254 g/mol. The van der Waals surface area contributed by atoms with E-state index in [1.165, 1.54) is 5.56 Å². The first-order chi connectivity index (χ1) is 7.11. The zero-order valence-corrected chi connectivity index (χ0v) is 10.7. The molecule has 1 unspecified atom stereocenters. The molecule has 2 nitrogen and oxygen atoms in total. The van der Waals surface area contributed by atoms with Gasteiger partial charge in [0.1, 0.15) is 5.75 Å². The largest absolute Gasteiger partial charge is 0.508 e. The number of aryl methyl sites for hydroxylation is 1. The van der Waals surface area contributed by atoms with Gasteiger partial charge in [0.25, 0.3) is 0 Å². The smallest absolute Gasteiger partial charge is 0.119 e. The van der Waals surface area contributed by atoms with Gasteiger partial charge in [0.2, 0.25) is 0 Å². The van der Waals surface area contributed by atoms with Crippen molar-refractivity contribution in [3.8, 4) is 5.75 Å². The lowest BCUT2D eigenvalue weighted by molar-refractivity contribution is 0.461. The summed E-state index contributed by atoms with van der Waals surface area (Å²) in [7, 11) is 0. The van der Waals surface area contributed by atoms with Crippen LogP contribution in [0.25, 0.3) is 0 Å². The summed E-state index contributed by atoms with van der Waals surface area (Å²) < 4.78 is 1.13. The topological polar surface area (TPSA) is 32.3 Å². The standard InChI is InChI=1S/C12H16BrNO/c1-7-5-10(15)11(8(2)12(7)13)9-3-4-14-6-9/h5,9,14-15H,3-4,6H2,1-2H3. The maximum absolute atomic E-state index is 10.0. The van der Waals surface area contributed by atoms with Crippen molar-refractivity contribution in [2.24, 2.45) is 0 Å². The Morgan fingerprint density at radius 1 is 1.47 bits per heavy atom. The first-order valence-corrected chi connectivity index (χ1v) is 6.10. The Balaban J connectivity index is 2.50. The van der Waals surface area contributed by atoms with Crippen molar-refractivity contribution in [1.82, 2.24) is 5.32 Å². The van der Waals surface area contributed by atoms with Crippen molar-refractivity contribution in [2.45, 2.75) is 26.2 Å². The highest BCUT2D eigenvalue weighted by molar-refractivity contribution is 9.10. The van der Waals surface area contributed by atoms with Crippen LogP contribution in [0.15, 0.2) is 10.5 Å². The van der Waals surface area contributed by atoms with E-state index in [4.69, 9.17) is 0 Å². The third-order valence-electron chi connectivity index (χ3n) is 3.18. The summed E-state index contributed by atoms with van der Waals surface area (Å²) in [6, 6.07) is 1.85. The molecule has 1 aromatic carbocycles. The number of aromatic hydroxyl groups is 1. The number of benzene rings is 1. The second kappa shape index (κ2) is 4.14. The van der Waals surface area contributed by atoms with Gasteiger partial charge in [-0.1, -0.05) is 15.9 Å². The molecule has 1 aromatic rings. The number of hydrogen-bond donors (Lipinski definition) is 2. The maximum atomic E-state index is 10.0. The van der Waals surface area contributed by atoms with Gasteiger partial charge in [-0.3, -0.25) is 0 Å². The predicted octanol–water partition coefficient (Wildman–Crippen LogP) is 2.85. The number of halogens is 1. The molecule has 1 aliphatic rings. The summed E-state index contributed by atoms with van der Waals surface area (Å²) in [5.41, 5.74) is 3.39. The first-order valence-electron chi connectivity index (χ1n) is 5.30. The summed E-state index contributed by atoms with van der Waals surface area (Å²) in [5.74, 6) is 0.906. The molecule has 15 heavy (non-hydrogen) atoms. The van der Waals surface area contributed by atoms with Crippen LogP contribution in [0.5, 0.6) is 5.75 Å². The molecule has 1 saturated heterocycles. The van der Waals surface area contributed by atoms with E-state index >= 15 is 0 Å². The van der Waals surface area contributed by atoms with E-state index in [9.17, 15) is 5.11 Å². The number of rotatable bonds is 1. The Labute approximate surface area is 98.8 Å². The second-order valence-corrected chi connectivity index (χ2v) is 5.05. The number of nitrogens with one attached hydrogen (secondary N) is 1. The SMILES string of the molecule is Cc1cc(O)c(C2CCNC2)c(C)c1Br. The van der Waals surface area contributed by atoms with Gasteiger partial charge in [-0.2, -0.15) is 0 Å². The molecule has 1 aliphatic heterocycles. The Hall–Kier alpha value is -0.540. The molecule has 0 radical (unpaired) electrons. The third kappa shape index (κ3) is 1.91. The average Bonchev–Trinajstić information content (AvgIpc) is 2.68. The predicted molar refractivity (Wildman–Crippen MR) is 65.5 cm³/mol. The minimum absolute atomic E-state index is 0.446. The van der Waals surface area contributed by atoms with Crippen molar-refractivity contribution >= 4 is 15.9 Å². The fourth-order valence-electron chi connectivity index (χ4n) is 2.37. The van der Waals surface area contributed by atoms with Crippen molar-refractivity contribution in [1.29, 1.82) is 0 Å². The summed E-state index contributed by atoms with van der Waals surface area (Å²) in [5, 5.41) is 13.3. The molecule has 1 atom stereocenters. The van der Waals surface area contributed by atoms with Crippen molar-refractivity contribution in [3.05, 3.63) is 27.2 Å². The minimum Gasteiger partial charge on any atom is -0.508 e. The number of phenolic OH excluding ortho intramolecular Hbond substituents is 1. The molecule has 2 rings (SSSR count). The van der Waals surface area contributed by atoms with Crippen LogP contribution in [0.4, 0.5) is 0 Å². The van der Waals surface area contributed by atoms with Crippen LogP contribution < -0.4 is 5.32 Å². The Morgan fingerprint density at radius 2 is 2.20 bits per heavy atom. The average molecular weight is 270 g/mol. The molecule has 3 heteroatoms. The fraction of sp³-hybridized carbons (Fsp3) is 0.500. The van der Waals surface area contributed by atoms with Gasteiger partial charge in [-0.05, 0) is 44.0 Å². The van der Waals surface area contributed by atoms with Crippen LogP contribution in [0.2, 0.25) is 0 Å². The van der Waals surface area contributed by atoms with Gasteiger partial charge >= 0.3 is 0 Å². The van der Waals surface area contributed by atoms with Crippen LogP contribution in [0.1, 0.15) is 29.0 Å². The van der Waals surface area contributed by atoms with Crippen molar-refractivity contribution in [3.63, 3.8) is 0 Å². The second-order valence-electron chi connectivity index (χ2n) is 4.25. The Bertz CT molecular complexity index is 384. The van der Waals surface area contributed by atoms with Gasteiger partial charge < -0.3 is 10.4 Å². The molecule has 1 fully saturated rings. The van der Waals surface area contributed by atoms with Crippen LogP contribution in [-0.4, -0.2) is 18.2 Å². The molecule has 1 heterocycles. The van der Waals surface area contributed by atoms with E-state index in [0.717, 1.165) is 35.1 Å². The summed E-state index contributed by atoms with van der Waals surface area (Å²) in [4.78, 5) is 0. The molecular formula is C12H16BrNO. The fourth-order valence-corrected chi connectivity index (χ4v) is 2.70. The monoisotopic (exact) mass is 269 g/mol. The van der Waals surface area contributed by atoms with Crippen LogP contribution in [0, 0.1) is 13.8 Å². The molecule has 0 aromatic heterocycles. The first kappa shape index (κ1) is 11.0. The van der Waals surface area contributed by atoms with Crippen LogP contribution in [-0.2, 0) is 0 Å². The Kier molecular flexibility index (Phi) is 3.03. The Morgan fingerprint density at radius 3 is 2.80 bits per heavy atom. The number of hydrogen-bond acceptors (Lipinski definition) is 2. The van der Waals surface area contributed by atoms with Gasteiger partial charge in [0, 0.05) is 22.5 Å². The van der Waals surface area contributed by atoms with Gasteiger partial charge in [0.15, 0.2) is 0 Å². The quantitative estimate of drug-likeness (QED) is 0.822. The van der Waals surface area contributed by atoms with Crippen LogP contribution in [0.3, 0.4) is 0 Å². The number of phenols is 1. The van der Waals surface area contributed by atoms with Crippen molar-refractivity contribution < 1.29 is 5.11 Å². The summed E-state index contributed by atoms with van der Waals surface area (Å²) >= 11 is 3.58. The van der Waals surface area contributed by atoms with E-state index in [0.29, 0.717) is 11.7 Å². The van der Waals surface area contributed by atoms with E-state index in [-0.39, 0.29) is 0 Å². The molecule has 0 spiro atoms. The summed E-state index contributed by atoms with van der Waals surface area (Å²) in [6.45, 7) is 6.11. The lowest BCUT2D eigenvalue weighted by Gasteiger charge is -2.17. The van der Waals surface area contributed by atoms with Gasteiger partial charge in [0.05, 0.1) is 0 Å². The molecule has 82 valence electrons. The highest BCUT2D eigenvalue weighted by Crippen LogP contribution is 2.38. The van der Waals surface area contributed by atoms with Crippen LogP contribution >= 0.6 is 15.9 Å². The molecule has 0 bridgehead atoms. The maximum Gasteiger partial charge on any atom is 0.119 e. The normalized spacial score (nSPS) is 20.9. The zero-order chi connectivity index (χ0) is 11.0.